The second-order valence-corrected chi connectivity index (χ2v) is 3.26. The van der Waals surface area contributed by atoms with Crippen molar-refractivity contribution in [2.45, 2.75) is 0 Å². The van der Waals surface area contributed by atoms with E-state index in [0.717, 1.165) is 12.2 Å². The van der Waals surface area contributed by atoms with Crippen LogP contribution in [0, 0.1) is 0 Å². The fourth-order valence-electron chi connectivity index (χ4n) is 1.09. The number of hydrogen-bond acceptors (Lipinski definition) is 8. The largest absolute Gasteiger partial charge is 0.403 e. The molecule has 0 N–H and O–H groups in total. The maximum Gasteiger partial charge on any atom is 0.337 e. The molecule has 8 heteroatoms. The lowest BCUT2D eigenvalue weighted by molar-refractivity contribution is -0.131. The smallest absolute Gasteiger partial charge is 0.337 e. The molecule has 0 fully saturated rings. The van der Waals surface area contributed by atoms with Crippen molar-refractivity contribution in [2.75, 3.05) is 0 Å². The van der Waals surface area contributed by atoms with Gasteiger partial charge < -0.3 is 9.47 Å². The first-order chi connectivity index (χ1) is 9.74. The number of aromatic nitrogens is 4. The minimum Gasteiger partial charge on any atom is -0.403 e. The Morgan fingerprint density at radius 3 is 1.60 bits per heavy atom. The lowest BCUT2D eigenvalue weighted by atomic mass is 10.5. The summed E-state index contributed by atoms with van der Waals surface area (Å²) in [6.45, 7) is 0. The summed E-state index contributed by atoms with van der Waals surface area (Å²) in [6, 6.07) is 0. The first kappa shape index (κ1) is 13.3. The molecule has 0 aromatic carbocycles. The highest BCUT2D eigenvalue weighted by atomic mass is 16.5. The molecule has 0 saturated heterocycles. The fourth-order valence-corrected chi connectivity index (χ4v) is 1.09. The predicted molar refractivity (Wildman–Crippen MR) is 64.5 cm³/mol. The van der Waals surface area contributed by atoms with Crippen LogP contribution in [-0.2, 0) is 9.59 Å². The third-order valence-corrected chi connectivity index (χ3v) is 1.84. The zero-order valence-electron chi connectivity index (χ0n) is 10.0. The number of ether oxygens (including phenoxy) is 2. The molecule has 0 amide bonds. The molecular weight excluding hydrogens is 264 g/mol. The zero-order chi connectivity index (χ0) is 14.2. The van der Waals surface area contributed by atoms with Gasteiger partial charge in [0.05, 0.1) is 12.4 Å². The van der Waals surface area contributed by atoms with Crippen molar-refractivity contribution in [3.8, 4) is 11.8 Å². The van der Waals surface area contributed by atoms with E-state index in [1.165, 1.54) is 37.2 Å². The Morgan fingerprint density at radius 1 is 0.800 bits per heavy atom. The average Bonchev–Trinajstić information content (AvgIpc) is 2.47. The number of nitrogens with zero attached hydrogens (tertiary/aromatic N) is 4. The summed E-state index contributed by atoms with van der Waals surface area (Å²) in [7, 11) is 0. The average molecular weight is 272 g/mol. The number of hydrogen-bond donors (Lipinski definition) is 0. The molecule has 100 valence electrons. The third kappa shape index (κ3) is 4.26. The van der Waals surface area contributed by atoms with Gasteiger partial charge in [0.2, 0.25) is 11.8 Å². The molecule has 2 aromatic rings. The molecule has 0 spiro atoms. The topological polar surface area (TPSA) is 104 Å². The SMILES string of the molecule is O=C(/C=C\C(=O)Oc1cnccn1)Oc1cnccn1. The van der Waals surface area contributed by atoms with Crippen molar-refractivity contribution in [1.82, 2.24) is 19.9 Å². The van der Waals surface area contributed by atoms with Gasteiger partial charge in [0, 0.05) is 36.9 Å². The van der Waals surface area contributed by atoms with Gasteiger partial charge in [-0.05, 0) is 0 Å². The molecule has 2 aromatic heterocycles. The summed E-state index contributed by atoms with van der Waals surface area (Å²) in [6.07, 6.45) is 9.97. The van der Waals surface area contributed by atoms with Crippen LogP contribution < -0.4 is 9.47 Å². The Morgan fingerprint density at radius 2 is 1.25 bits per heavy atom. The van der Waals surface area contributed by atoms with Crippen LogP contribution in [0.25, 0.3) is 0 Å². The van der Waals surface area contributed by atoms with Gasteiger partial charge in [-0.1, -0.05) is 0 Å². The highest BCUT2D eigenvalue weighted by molar-refractivity contribution is 5.93. The minimum atomic E-state index is -0.776. The molecule has 2 rings (SSSR count). The summed E-state index contributed by atoms with van der Waals surface area (Å²) in [5, 5.41) is 0. The second kappa shape index (κ2) is 6.69. The normalized spacial score (nSPS) is 10.2. The van der Waals surface area contributed by atoms with E-state index >= 15 is 0 Å². The Kier molecular flexibility index (Phi) is 4.44. The van der Waals surface area contributed by atoms with E-state index in [-0.39, 0.29) is 11.8 Å². The molecule has 0 atom stereocenters. The van der Waals surface area contributed by atoms with Crippen LogP contribution in [0.1, 0.15) is 0 Å². The highest BCUT2D eigenvalue weighted by Crippen LogP contribution is 2.03. The van der Waals surface area contributed by atoms with Crippen molar-refractivity contribution in [3.63, 3.8) is 0 Å². The lowest BCUT2D eigenvalue weighted by Crippen LogP contribution is -2.09. The van der Waals surface area contributed by atoms with Crippen LogP contribution in [0.15, 0.2) is 49.3 Å². The first-order valence-electron chi connectivity index (χ1n) is 5.38. The van der Waals surface area contributed by atoms with E-state index in [2.05, 4.69) is 19.9 Å². The molecule has 0 aliphatic heterocycles. The van der Waals surface area contributed by atoms with Gasteiger partial charge >= 0.3 is 11.9 Å². The van der Waals surface area contributed by atoms with Crippen molar-refractivity contribution in [2.24, 2.45) is 0 Å². The van der Waals surface area contributed by atoms with Crippen LogP contribution in [-0.4, -0.2) is 31.9 Å². The molecule has 2 heterocycles. The monoisotopic (exact) mass is 272 g/mol. The van der Waals surface area contributed by atoms with Crippen molar-refractivity contribution in [3.05, 3.63) is 49.3 Å². The van der Waals surface area contributed by atoms with Gasteiger partial charge in [-0.25, -0.2) is 19.6 Å². The number of carbonyl (C=O) groups is 2. The van der Waals surface area contributed by atoms with Gasteiger partial charge in [-0.2, -0.15) is 0 Å². The summed E-state index contributed by atoms with van der Waals surface area (Å²) >= 11 is 0. The van der Waals surface area contributed by atoms with Crippen LogP contribution in [0.4, 0.5) is 0 Å². The van der Waals surface area contributed by atoms with Gasteiger partial charge in [0.15, 0.2) is 0 Å². The van der Waals surface area contributed by atoms with Crippen LogP contribution in [0.2, 0.25) is 0 Å². The Hall–Kier alpha value is -3.16. The van der Waals surface area contributed by atoms with Crippen LogP contribution in [0.3, 0.4) is 0 Å². The molecule has 20 heavy (non-hydrogen) atoms. The van der Waals surface area contributed by atoms with Gasteiger partial charge in [-0.15, -0.1) is 0 Å². The van der Waals surface area contributed by atoms with Crippen LogP contribution in [0.5, 0.6) is 11.8 Å². The van der Waals surface area contributed by atoms with Crippen LogP contribution >= 0.6 is 0 Å². The molecule has 0 aliphatic carbocycles. The van der Waals surface area contributed by atoms with Crippen molar-refractivity contribution < 1.29 is 19.1 Å². The van der Waals surface area contributed by atoms with E-state index in [0.29, 0.717) is 0 Å². The fraction of sp³-hybridized carbons (Fsp3) is 0. The standard InChI is InChI=1S/C12H8N4O4/c17-11(19-9-7-13-3-5-15-9)1-2-12(18)20-10-8-14-4-6-16-10/h1-8H/b2-1-. The Bertz CT molecular complexity index is 560. The van der Waals surface area contributed by atoms with Gasteiger partial charge in [0.25, 0.3) is 0 Å². The second-order valence-electron chi connectivity index (χ2n) is 3.26. The van der Waals surface area contributed by atoms with Crippen molar-refractivity contribution >= 4 is 11.9 Å². The number of carbonyl (C=O) groups excluding carboxylic acids is 2. The van der Waals surface area contributed by atoms with E-state index in [9.17, 15) is 9.59 Å². The summed E-state index contributed by atoms with van der Waals surface area (Å²) in [5.74, 6) is -1.49. The quantitative estimate of drug-likeness (QED) is 0.579. The predicted octanol–water partition coefficient (Wildman–Crippen LogP) is 0.334. The molecule has 0 unspecified atom stereocenters. The molecule has 0 radical (unpaired) electrons. The maximum atomic E-state index is 11.4. The third-order valence-electron chi connectivity index (χ3n) is 1.84. The minimum absolute atomic E-state index is 0.0319. The number of rotatable bonds is 4. The lowest BCUT2D eigenvalue weighted by Gasteiger charge is -1.99. The Balaban J connectivity index is 1.86. The zero-order valence-corrected chi connectivity index (χ0v) is 10.0. The van der Waals surface area contributed by atoms with Gasteiger partial charge in [0.1, 0.15) is 0 Å². The van der Waals surface area contributed by atoms with Gasteiger partial charge in [-0.3, -0.25) is 9.97 Å². The maximum absolute atomic E-state index is 11.4. The summed E-state index contributed by atoms with van der Waals surface area (Å²) < 4.78 is 9.56. The molecule has 0 bridgehead atoms. The molecular formula is C12H8N4O4. The molecule has 0 aliphatic rings. The van der Waals surface area contributed by atoms with E-state index in [4.69, 9.17) is 9.47 Å². The first-order valence-corrected chi connectivity index (χ1v) is 5.38. The summed E-state index contributed by atoms with van der Waals surface area (Å²) in [5.41, 5.74) is 0. The highest BCUT2D eigenvalue weighted by Gasteiger charge is 2.05. The van der Waals surface area contributed by atoms with E-state index in [1.807, 2.05) is 0 Å². The van der Waals surface area contributed by atoms with Crippen molar-refractivity contribution in [1.29, 1.82) is 0 Å². The number of esters is 2. The van der Waals surface area contributed by atoms with E-state index in [1.54, 1.807) is 0 Å². The molecule has 8 nitrogen and oxygen atoms in total. The molecule has 0 saturated carbocycles. The Labute approximate surface area is 113 Å². The summed E-state index contributed by atoms with van der Waals surface area (Å²) in [4.78, 5) is 37.6. The van der Waals surface area contributed by atoms with E-state index < -0.39 is 11.9 Å².